The highest BCUT2D eigenvalue weighted by Gasteiger charge is 2.27. The van der Waals surface area contributed by atoms with E-state index in [1.165, 1.54) is 15.6 Å². The molecule has 180 valence electrons. The Morgan fingerprint density at radius 2 is 1.69 bits per heavy atom. The number of hydrogen-bond acceptors (Lipinski definition) is 5. The van der Waals surface area contributed by atoms with Crippen LogP contribution in [0, 0.1) is 6.92 Å². The van der Waals surface area contributed by atoms with Crippen LogP contribution in [0.4, 0.5) is 5.13 Å². The van der Waals surface area contributed by atoms with E-state index in [9.17, 15) is 13.2 Å². The second-order valence-corrected chi connectivity index (χ2v) is 11.8. The van der Waals surface area contributed by atoms with Crippen LogP contribution in [0.25, 0.3) is 10.2 Å². The number of aromatic nitrogens is 1. The zero-order valence-corrected chi connectivity index (χ0v) is 21.2. The van der Waals surface area contributed by atoms with Crippen LogP contribution in [0.3, 0.4) is 0 Å². The number of sulfonamides is 1. The van der Waals surface area contributed by atoms with Crippen LogP contribution in [-0.4, -0.2) is 36.7 Å². The van der Waals surface area contributed by atoms with Gasteiger partial charge in [-0.05, 0) is 67.3 Å². The first-order chi connectivity index (χ1) is 16.9. The number of fused-ring (bicyclic) bond motifs is 1. The van der Waals surface area contributed by atoms with E-state index >= 15 is 0 Å². The van der Waals surface area contributed by atoms with Crippen LogP contribution in [0.1, 0.15) is 40.7 Å². The Morgan fingerprint density at radius 3 is 2.40 bits per heavy atom. The van der Waals surface area contributed by atoms with Crippen LogP contribution in [0.2, 0.25) is 0 Å². The maximum Gasteiger partial charge on any atom is 0.260 e. The van der Waals surface area contributed by atoms with Crippen molar-refractivity contribution in [3.63, 3.8) is 0 Å². The van der Waals surface area contributed by atoms with Crippen LogP contribution < -0.4 is 4.90 Å². The Hall–Kier alpha value is -3.07. The van der Waals surface area contributed by atoms with Gasteiger partial charge in [0.2, 0.25) is 10.0 Å². The van der Waals surface area contributed by atoms with Crippen molar-refractivity contribution in [1.29, 1.82) is 0 Å². The van der Waals surface area contributed by atoms with Gasteiger partial charge in [0.05, 0.1) is 21.7 Å². The highest BCUT2D eigenvalue weighted by molar-refractivity contribution is 7.89. The molecule has 0 saturated carbocycles. The fourth-order valence-corrected chi connectivity index (χ4v) is 6.89. The predicted molar refractivity (Wildman–Crippen MR) is 140 cm³/mol. The van der Waals surface area contributed by atoms with Gasteiger partial charge < -0.3 is 0 Å². The Labute approximate surface area is 209 Å². The highest BCUT2D eigenvalue weighted by atomic mass is 32.2. The summed E-state index contributed by atoms with van der Waals surface area (Å²) in [6, 6.07) is 22.1. The zero-order valence-electron chi connectivity index (χ0n) is 19.6. The van der Waals surface area contributed by atoms with Gasteiger partial charge in [-0.2, -0.15) is 4.31 Å². The number of amides is 1. The van der Waals surface area contributed by atoms with E-state index < -0.39 is 10.0 Å². The molecule has 0 N–H and O–H groups in total. The topological polar surface area (TPSA) is 70.6 Å². The van der Waals surface area contributed by atoms with E-state index in [-0.39, 0.29) is 10.8 Å². The van der Waals surface area contributed by atoms with Gasteiger partial charge in [0.15, 0.2) is 5.13 Å². The second-order valence-electron chi connectivity index (χ2n) is 8.83. The van der Waals surface area contributed by atoms with E-state index in [2.05, 4.69) is 6.07 Å². The number of rotatable bonds is 6. The number of aryl methyl sites for hydroxylation is 1. The maximum absolute atomic E-state index is 13.7. The number of thiazole rings is 1. The second kappa shape index (κ2) is 9.89. The summed E-state index contributed by atoms with van der Waals surface area (Å²) < 4.78 is 28.6. The Bertz CT molecular complexity index is 1440. The van der Waals surface area contributed by atoms with Gasteiger partial charge in [-0.25, -0.2) is 13.4 Å². The molecule has 4 aromatic rings. The van der Waals surface area contributed by atoms with Crippen molar-refractivity contribution in [2.75, 3.05) is 18.0 Å². The third-order valence-corrected chi connectivity index (χ3v) is 9.20. The number of piperidine rings is 1. The molecule has 35 heavy (non-hydrogen) atoms. The molecule has 6 nitrogen and oxygen atoms in total. The molecule has 0 bridgehead atoms. The molecular formula is C27H27N3O3S2. The summed E-state index contributed by atoms with van der Waals surface area (Å²) in [6.45, 7) is 3.49. The average Bonchev–Trinajstić information content (AvgIpc) is 3.31. The van der Waals surface area contributed by atoms with Gasteiger partial charge in [0, 0.05) is 18.7 Å². The van der Waals surface area contributed by atoms with Crippen molar-refractivity contribution >= 4 is 42.6 Å². The largest absolute Gasteiger partial charge is 0.279 e. The van der Waals surface area contributed by atoms with Gasteiger partial charge in [0.1, 0.15) is 0 Å². The summed E-state index contributed by atoms with van der Waals surface area (Å²) >= 11 is 1.48. The third kappa shape index (κ3) is 5.00. The molecular weight excluding hydrogens is 478 g/mol. The minimum Gasteiger partial charge on any atom is -0.279 e. The third-order valence-electron chi connectivity index (χ3n) is 6.25. The molecule has 0 aliphatic carbocycles. The first-order valence-corrected chi connectivity index (χ1v) is 14.0. The van der Waals surface area contributed by atoms with Crippen molar-refractivity contribution in [3.8, 4) is 0 Å². The molecule has 0 radical (unpaired) electrons. The first-order valence-electron chi connectivity index (χ1n) is 11.7. The van der Waals surface area contributed by atoms with Gasteiger partial charge >= 0.3 is 0 Å². The summed E-state index contributed by atoms with van der Waals surface area (Å²) in [5.41, 5.74) is 3.40. The summed E-state index contributed by atoms with van der Waals surface area (Å²) in [5.74, 6) is -0.216. The van der Waals surface area contributed by atoms with Crippen molar-refractivity contribution in [2.45, 2.75) is 37.6 Å². The summed E-state index contributed by atoms with van der Waals surface area (Å²) in [6.07, 6.45) is 2.82. The van der Waals surface area contributed by atoms with Gasteiger partial charge in [0.25, 0.3) is 5.91 Å². The normalized spacial score (nSPS) is 14.8. The lowest BCUT2D eigenvalue weighted by Crippen LogP contribution is -2.35. The number of anilines is 1. The van der Waals surface area contributed by atoms with E-state index in [1.807, 2.05) is 49.4 Å². The van der Waals surface area contributed by atoms with Crippen LogP contribution in [0.5, 0.6) is 0 Å². The van der Waals surface area contributed by atoms with E-state index in [0.29, 0.717) is 30.3 Å². The fraction of sp³-hybridized carbons (Fsp3) is 0.259. The Morgan fingerprint density at radius 1 is 0.971 bits per heavy atom. The van der Waals surface area contributed by atoms with E-state index in [4.69, 9.17) is 4.98 Å². The van der Waals surface area contributed by atoms with Crippen molar-refractivity contribution < 1.29 is 13.2 Å². The molecule has 3 aromatic carbocycles. The fourth-order valence-electron chi connectivity index (χ4n) is 4.31. The van der Waals surface area contributed by atoms with Crippen LogP contribution in [0.15, 0.2) is 77.7 Å². The van der Waals surface area contributed by atoms with Crippen molar-refractivity contribution in [2.24, 2.45) is 0 Å². The van der Waals surface area contributed by atoms with E-state index in [0.717, 1.165) is 40.6 Å². The van der Waals surface area contributed by atoms with Crippen LogP contribution in [-0.2, 0) is 16.6 Å². The first kappa shape index (κ1) is 23.7. The van der Waals surface area contributed by atoms with Gasteiger partial charge in [-0.1, -0.05) is 54.2 Å². The minimum absolute atomic E-state index is 0.216. The van der Waals surface area contributed by atoms with Gasteiger partial charge in [-0.15, -0.1) is 0 Å². The number of carbonyl (C=O) groups is 1. The lowest BCUT2D eigenvalue weighted by molar-refractivity contribution is 0.0985. The molecule has 1 fully saturated rings. The summed E-state index contributed by atoms with van der Waals surface area (Å²) in [4.78, 5) is 20.3. The molecule has 8 heteroatoms. The standard InChI is InChI=1S/C27H27N3O3S2/c1-20-10-15-24-25(18-20)34-27(28-24)30(19-21-8-4-2-5-9-21)26(31)22-11-13-23(14-12-22)35(32,33)29-16-6-3-7-17-29/h2,4-5,8-15,18H,3,6-7,16-17,19H2,1H3. The zero-order chi connectivity index (χ0) is 24.4. The number of carbonyl (C=O) groups excluding carboxylic acids is 1. The van der Waals surface area contributed by atoms with Crippen molar-refractivity contribution in [3.05, 3.63) is 89.5 Å². The number of hydrogen-bond donors (Lipinski definition) is 0. The number of nitrogens with zero attached hydrogens (tertiary/aromatic N) is 3. The molecule has 5 rings (SSSR count). The average molecular weight is 506 g/mol. The lowest BCUT2D eigenvalue weighted by atomic mass is 10.1. The Kier molecular flexibility index (Phi) is 6.69. The molecule has 1 amide bonds. The summed E-state index contributed by atoms with van der Waals surface area (Å²) in [7, 11) is -3.55. The van der Waals surface area contributed by atoms with E-state index in [1.54, 1.807) is 29.2 Å². The molecule has 0 unspecified atom stereocenters. The lowest BCUT2D eigenvalue weighted by Gasteiger charge is -2.26. The molecule has 1 aliphatic heterocycles. The minimum atomic E-state index is -3.55. The highest BCUT2D eigenvalue weighted by Crippen LogP contribution is 2.32. The predicted octanol–water partition coefficient (Wildman–Crippen LogP) is 5.63. The molecule has 2 heterocycles. The molecule has 1 aliphatic rings. The number of benzene rings is 3. The summed E-state index contributed by atoms with van der Waals surface area (Å²) in [5, 5.41) is 0.615. The molecule has 1 saturated heterocycles. The quantitative estimate of drug-likeness (QED) is 0.341. The van der Waals surface area contributed by atoms with Crippen molar-refractivity contribution in [1.82, 2.24) is 9.29 Å². The smallest absolute Gasteiger partial charge is 0.260 e. The van der Waals surface area contributed by atoms with Gasteiger partial charge in [-0.3, -0.25) is 9.69 Å². The monoisotopic (exact) mass is 505 g/mol. The molecule has 1 aromatic heterocycles. The SMILES string of the molecule is Cc1ccc2nc(N(Cc3ccccc3)C(=O)c3ccc(S(=O)(=O)N4CCCCC4)cc3)sc2c1. The molecule has 0 spiro atoms. The van der Waals surface area contributed by atoms with Crippen LogP contribution >= 0.6 is 11.3 Å². The maximum atomic E-state index is 13.7. The molecule has 0 atom stereocenters. The Balaban J connectivity index is 1.47.